The van der Waals surface area contributed by atoms with Gasteiger partial charge in [0.2, 0.25) is 0 Å². The molecule has 0 aliphatic heterocycles. The summed E-state index contributed by atoms with van der Waals surface area (Å²) in [6, 6.07) is 23.6. The van der Waals surface area contributed by atoms with Crippen molar-refractivity contribution in [3.05, 3.63) is 157 Å². The molecule has 254 valence electrons. The maximum atomic E-state index is 5.49. The van der Waals surface area contributed by atoms with Crippen molar-refractivity contribution in [2.45, 2.75) is 69.2 Å². The first kappa shape index (κ1) is 34.4. The summed E-state index contributed by atoms with van der Waals surface area (Å²) in [7, 11) is 0. The van der Waals surface area contributed by atoms with Gasteiger partial charge in [-0.1, -0.05) is 77.3 Å². The number of rotatable bonds is 2. The molecule has 0 aliphatic carbocycles. The summed E-state index contributed by atoms with van der Waals surface area (Å²) in [4.78, 5) is 14.9. The van der Waals surface area contributed by atoms with E-state index < -0.39 is 0 Å². The van der Waals surface area contributed by atoms with Crippen LogP contribution in [0.1, 0.15) is 77.9 Å². The molecule has 4 aromatic carbocycles. The van der Waals surface area contributed by atoms with Gasteiger partial charge in [-0.2, -0.15) is 0 Å². The Balaban J connectivity index is 1.44. The predicted octanol–water partition coefficient (Wildman–Crippen LogP) is 11.4. The monoisotopic (exact) mass is 673 g/mol. The molecule has 0 N–H and O–H groups in total. The third kappa shape index (κ3) is 6.25. The van der Waals surface area contributed by atoms with Gasteiger partial charge in [-0.05, 0) is 138 Å². The third-order valence-electron chi connectivity index (χ3n) is 10.5. The van der Waals surface area contributed by atoms with E-state index in [1.165, 1.54) is 38.9 Å². The Morgan fingerprint density at radius 2 is 0.923 bits per heavy atom. The number of hydrogen-bond acceptors (Lipinski definition) is 3. The number of fused-ring (bicyclic) bond motifs is 3. The van der Waals surface area contributed by atoms with Crippen LogP contribution in [0, 0.1) is 92.9 Å². The molecule has 7 aromatic rings. The molecule has 0 aliphatic rings. The van der Waals surface area contributed by atoms with Crippen LogP contribution in [0.15, 0.2) is 79.1 Å². The average Bonchev–Trinajstić information content (AvgIpc) is 3.10. The number of nitrogens with zero attached hydrogens (tertiary/aromatic N) is 3. The minimum absolute atomic E-state index is 0.887. The van der Waals surface area contributed by atoms with Crippen molar-refractivity contribution in [3.8, 4) is 46.2 Å². The van der Waals surface area contributed by atoms with Crippen LogP contribution < -0.4 is 0 Å². The Bertz CT molecular complexity index is 2650. The van der Waals surface area contributed by atoms with Crippen LogP contribution in [0.4, 0.5) is 0 Å². The summed E-state index contributed by atoms with van der Waals surface area (Å²) in [5.74, 6) is 14.0. The van der Waals surface area contributed by atoms with Gasteiger partial charge in [-0.25, -0.2) is 9.97 Å². The summed E-state index contributed by atoms with van der Waals surface area (Å²) in [5, 5.41) is 2.09. The molecule has 0 radical (unpaired) electrons. The van der Waals surface area contributed by atoms with E-state index in [1.807, 2.05) is 12.1 Å². The molecule has 0 unspecified atom stereocenters. The van der Waals surface area contributed by atoms with Gasteiger partial charge in [0.15, 0.2) is 0 Å². The van der Waals surface area contributed by atoms with Crippen molar-refractivity contribution < 1.29 is 0 Å². The molecule has 3 heteroatoms. The van der Waals surface area contributed by atoms with E-state index in [1.54, 1.807) is 12.4 Å². The Kier molecular flexibility index (Phi) is 9.00. The fourth-order valence-electron chi connectivity index (χ4n) is 7.77. The van der Waals surface area contributed by atoms with Crippen molar-refractivity contribution >= 4 is 21.8 Å². The van der Waals surface area contributed by atoms with E-state index in [2.05, 4.69) is 153 Å². The van der Waals surface area contributed by atoms with Crippen LogP contribution in [-0.2, 0) is 0 Å². The SMILES string of the molecule is Cc1cc(C)c(-c2ccc3ccc4cc(C#Cc5c(C)c(C)c(C#Cc6ccncc6)c(C)c5C)c(-c5c(C)cc(C)cc5C)nc4c3n2)c(C)c1. The fourth-order valence-corrected chi connectivity index (χ4v) is 7.77. The number of hydrogen-bond donors (Lipinski definition) is 0. The fraction of sp³-hybridized carbons (Fsp3) is 0.204. The lowest BCUT2D eigenvalue weighted by Gasteiger charge is -2.16. The smallest absolute Gasteiger partial charge is 0.0973 e. The first-order valence-corrected chi connectivity index (χ1v) is 17.9. The van der Waals surface area contributed by atoms with Gasteiger partial charge in [0.25, 0.3) is 0 Å². The molecule has 0 atom stereocenters. The quantitative estimate of drug-likeness (QED) is 0.135. The van der Waals surface area contributed by atoms with E-state index in [0.717, 1.165) is 83.3 Å². The van der Waals surface area contributed by atoms with Gasteiger partial charge >= 0.3 is 0 Å². The second kappa shape index (κ2) is 13.6. The highest BCUT2D eigenvalue weighted by Crippen LogP contribution is 2.35. The zero-order valence-corrected chi connectivity index (χ0v) is 31.8. The molecule has 3 nitrogen and oxygen atoms in total. The predicted molar refractivity (Wildman–Crippen MR) is 218 cm³/mol. The van der Waals surface area contributed by atoms with Crippen LogP contribution in [0.3, 0.4) is 0 Å². The minimum atomic E-state index is 0.887. The topological polar surface area (TPSA) is 38.7 Å². The molecular weight excluding hydrogens is 631 g/mol. The third-order valence-corrected chi connectivity index (χ3v) is 10.5. The van der Waals surface area contributed by atoms with Crippen molar-refractivity contribution in [3.63, 3.8) is 0 Å². The molecular formula is C49H43N3. The lowest BCUT2D eigenvalue weighted by Crippen LogP contribution is -2.01. The molecule has 0 fully saturated rings. The summed E-state index contributed by atoms with van der Waals surface area (Å²) in [6.07, 6.45) is 3.55. The van der Waals surface area contributed by atoms with Gasteiger partial charge in [0, 0.05) is 51.0 Å². The van der Waals surface area contributed by atoms with Gasteiger partial charge in [0.05, 0.1) is 28.0 Å². The van der Waals surface area contributed by atoms with Crippen molar-refractivity contribution in [2.24, 2.45) is 0 Å². The normalized spacial score (nSPS) is 11.0. The molecule has 3 heterocycles. The molecule has 0 spiro atoms. The van der Waals surface area contributed by atoms with Gasteiger partial charge < -0.3 is 0 Å². The van der Waals surface area contributed by atoms with Crippen LogP contribution in [-0.4, -0.2) is 15.0 Å². The Hall–Kier alpha value is -6.03. The van der Waals surface area contributed by atoms with Crippen molar-refractivity contribution in [2.75, 3.05) is 0 Å². The summed E-state index contributed by atoms with van der Waals surface area (Å²) in [6.45, 7) is 21.6. The molecule has 0 saturated heterocycles. The number of benzene rings is 4. The highest BCUT2D eigenvalue weighted by molar-refractivity contribution is 6.05. The van der Waals surface area contributed by atoms with E-state index in [0.29, 0.717) is 0 Å². The standard InChI is InChI=1S/C49H43N3/c1-28-23-30(3)45(31(4)24-28)44-18-15-39-12-13-41-27-40(47(52-49(41)48(39)51-44)46-32(5)25-29(2)26-33(46)6)14-17-43-36(9)34(7)42(35(8)37(43)10)16-11-38-19-21-50-22-20-38/h12-13,15,18-27H,1-10H3. The number of aromatic nitrogens is 3. The first-order chi connectivity index (χ1) is 24.9. The van der Waals surface area contributed by atoms with Crippen LogP contribution in [0.5, 0.6) is 0 Å². The maximum absolute atomic E-state index is 5.49. The highest BCUT2D eigenvalue weighted by atomic mass is 14.8. The van der Waals surface area contributed by atoms with Crippen molar-refractivity contribution in [1.29, 1.82) is 0 Å². The summed E-state index contributed by atoms with van der Waals surface area (Å²) in [5.41, 5.74) is 21.8. The largest absolute Gasteiger partial charge is 0.265 e. The molecule has 0 bridgehead atoms. The van der Waals surface area contributed by atoms with Gasteiger partial charge in [0.1, 0.15) is 0 Å². The lowest BCUT2D eigenvalue weighted by molar-refractivity contribution is 1.20. The molecule has 52 heavy (non-hydrogen) atoms. The average molecular weight is 674 g/mol. The Labute approximate surface area is 308 Å². The first-order valence-electron chi connectivity index (χ1n) is 17.9. The number of pyridine rings is 3. The molecule has 0 saturated carbocycles. The van der Waals surface area contributed by atoms with E-state index in [4.69, 9.17) is 9.97 Å². The lowest BCUT2D eigenvalue weighted by atomic mass is 9.88. The van der Waals surface area contributed by atoms with E-state index in [9.17, 15) is 0 Å². The molecule has 7 rings (SSSR count). The van der Waals surface area contributed by atoms with Crippen LogP contribution in [0.25, 0.3) is 44.3 Å². The van der Waals surface area contributed by atoms with Gasteiger partial charge in [-0.15, -0.1) is 0 Å². The Morgan fingerprint density at radius 1 is 0.442 bits per heavy atom. The molecule has 0 amide bonds. The maximum Gasteiger partial charge on any atom is 0.0973 e. The van der Waals surface area contributed by atoms with Gasteiger partial charge in [-0.3, -0.25) is 4.98 Å². The van der Waals surface area contributed by atoms with Crippen LogP contribution >= 0.6 is 0 Å². The minimum Gasteiger partial charge on any atom is -0.265 e. The highest BCUT2D eigenvalue weighted by Gasteiger charge is 2.18. The zero-order valence-electron chi connectivity index (χ0n) is 31.8. The zero-order chi connectivity index (χ0) is 36.8. The second-order valence-corrected chi connectivity index (χ2v) is 14.3. The van der Waals surface area contributed by atoms with Crippen LogP contribution in [0.2, 0.25) is 0 Å². The molecule has 3 aromatic heterocycles. The summed E-state index contributed by atoms with van der Waals surface area (Å²) >= 11 is 0. The van der Waals surface area contributed by atoms with Crippen molar-refractivity contribution in [1.82, 2.24) is 15.0 Å². The van der Waals surface area contributed by atoms with E-state index in [-0.39, 0.29) is 0 Å². The summed E-state index contributed by atoms with van der Waals surface area (Å²) < 4.78 is 0. The second-order valence-electron chi connectivity index (χ2n) is 14.3. The number of aryl methyl sites for hydroxylation is 6. The van der Waals surface area contributed by atoms with E-state index >= 15 is 0 Å². The Morgan fingerprint density at radius 3 is 1.50 bits per heavy atom.